The highest BCUT2D eigenvalue weighted by Gasteiger charge is 2.60. The van der Waals surface area contributed by atoms with Gasteiger partial charge in [0.1, 0.15) is 0 Å². The number of carbonyl (C=O) groups excluding carboxylic acids is 4. The van der Waals surface area contributed by atoms with E-state index in [0.717, 1.165) is 23.7 Å². The highest BCUT2D eigenvalue weighted by Crippen LogP contribution is 2.56. The molecule has 6 nitrogen and oxygen atoms in total. The maximum Gasteiger partial charge on any atom is 0.308 e. The lowest BCUT2D eigenvalue weighted by Crippen LogP contribution is -2.35. The van der Waals surface area contributed by atoms with Crippen molar-refractivity contribution in [2.75, 3.05) is 13.2 Å². The topological polar surface area (TPSA) is 80.8 Å². The molecule has 3 aliphatic rings. The third kappa shape index (κ3) is 3.33. The second-order valence-electron chi connectivity index (χ2n) is 7.55. The van der Waals surface area contributed by atoms with Gasteiger partial charge < -0.3 is 4.74 Å². The molecule has 2 amide bonds. The summed E-state index contributed by atoms with van der Waals surface area (Å²) in [6.45, 7) is -0.312. The fourth-order valence-corrected chi connectivity index (χ4v) is 5.10. The van der Waals surface area contributed by atoms with Crippen molar-refractivity contribution in [1.29, 1.82) is 0 Å². The number of esters is 1. The fourth-order valence-electron chi connectivity index (χ4n) is 4.83. The molecule has 2 aliphatic carbocycles. The van der Waals surface area contributed by atoms with Crippen molar-refractivity contribution in [2.24, 2.45) is 23.7 Å². The van der Waals surface area contributed by atoms with Crippen LogP contribution in [0.5, 0.6) is 0 Å². The average molecular weight is 434 g/mol. The van der Waals surface area contributed by atoms with Gasteiger partial charge in [-0.25, -0.2) is 0 Å². The molecule has 1 heterocycles. The minimum atomic E-state index is -0.582. The Morgan fingerprint density at radius 3 is 2.22 bits per heavy atom. The Morgan fingerprint density at radius 2 is 1.63 bits per heavy atom. The normalized spacial score (nSPS) is 28.6. The van der Waals surface area contributed by atoms with Crippen LogP contribution in [0.2, 0.25) is 0 Å². The van der Waals surface area contributed by atoms with Gasteiger partial charge in [-0.05, 0) is 43.2 Å². The van der Waals surface area contributed by atoms with Crippen LogP contribution >= 0.6 is 15.9 Å². The number of amides is 2. The highest BCUT2D eigenvalue weighted by molar-refractivity contribution is 9.10. The number of ketones is 1. The van der Waals surface area contributed by atoms with Crippen molar-refractivity contribution in [3.63, 3.8) is 0 Å². The van der Waals surface area contributed by atoms with Gasteiger partial charge in [0.15, 0.2) is 12.4 Å². The molecule has 1 saturated heterocycles. The zero-order chi connectivity index (χ0) is 19.1. The van der Waals surface area contributed by atoms with E-state index >= 15 is 0 Å². The number of carbonyl (C=O) groups is 4. The summed E-state index contributed by atoms with van der Waals surface area (Å²) >= 11 is 3.29. The molecule has 1 aliphatic heterocycles. The van der Waals surface area contributed by atoms with E-state index in [2.05, 4.69) is 15.9 Å². The van der Waals surface area contributed by atoms with Gasteiger partial charge in [0, 0.05) is 16.6 Å². The molecule has 0 N–H and O–H groups in total. The summed E-state index contributed by atoms with van der Waals surface area (Å²) in [6, 6.07) is 6.77. The van der Waals surface area contributed by atoms with Crippen LogP contribution in [0.1, 0.15) is 36.0 Å². The number of likely N-dealkylation sites (tertiary alicyclic amines) is 1. The van der Waals surface area contributed by atoms with Crippen molar-refractivity contribution < 1.29 is 23.9 Å². The monoisotopic (exact) mass is 433 g/mol. The minimum absolute atomic E-state index is 0.0371. The molecule has 4 rings (SSSR count). The number of hydrogen-bond acceptors (Lipinski definition) is 5. The lowest BCUT2D eigenvalue weighted by molar-refractivity contribution is -0.145. The maximum absolute atomic E-state index is 12.6. The van der Waals surface area contributed by atoms with Crippen molar-refractivity contribution in [1.82, 2.24) is 4.90 Å². The van der Waals surface area contributed by atoms with Gasteiger partial charge >= 0.3 is 5.97 Å². The Bertz CT molecular complexity index is 777. The summed E-state index contributed by atoms with van der Waals surface area (Å²) in [6.07, 6.45) is 2.96. The van der Waals surface area contributed by atoms with Gasteiger partial charge in [0.05, 0.1) is 18.3 Å². The summed E-state index contributed by atoms with van der Waals surface area (Å²) in [5.74, 6) is -0.824. The number of benzene rings is 1. The molecule has 2 bridgehead atoms. The van der Waals surface area contributed by atoms with Crippen LogP contribution in [0, 0.1) is 23.7 Å². The predicted octanol–water partition coefficient (Wildman–Crippen LogP) is 2.60. The first-order valence-corrected chi connectivity index (χ1v) is 10.0. The van der Waals surface area contributed by atoms with Gasteiger partial charge in [-0.15, -0.1) is 0 Å². The third-order valence-electron chi connectivity index (χ3n) is 6.09. The smallest absolute Gasteiger partial charge is 0.308 e. The van der Waals surface area contributed by atoms with E-state index in [4.69, 9.17) is 4.74 Å². The molecular formula is C20H20BrNO5. The molecule has 2 saturated carbocycles. The minimum Gasteiger partial charge on any atom is -0.457 e. The van der Waals surface area contributed by atoms with Crippen LogP contribution in [0.15, 0.2) is 28.7 Å². The summed E-state index contributed by atoms with van der Waals surface area (Å²) in [4.78, 5) is 50.4. The van der Waals surface area contributed by atoms with Crippen molar-refractivity contribution >= 4 is 39.5 Å². The standard InChI is InChI=1S/C20H20BrNO5/c21-14-5-3-11(4-6-14)15(23)10-27-16(24)7-8-22-19(25)17-12-1-2-13(9-12)18(17)20(22)26/h3-6,12-13,17-18H,1-2,7-10H2/t12-,13-,17-,18-/m0/s1. The van der Waals surface area contributed by atoms with E-state index in [1.165, 1.54) is 4.90 Å². The quantitative estimate of drug-likeness (QED) is 0.391. The second-order valence-corrected chi connectivity index (χ2v) is 8.47. The predicted molar refractivity (Wildman–Crippen MR) is 98.6 cm³/mol. The van der Waals surface area contributed by atoms with E-state index in [1.54, 1.807) is 24.3 Å². The molecule has 7 heteroatoms. The number of rotatable bonds is 6. The van der Waals surface area contributed by atoms with Crippen LogP contribution in [-0.4, -0.2) is 41.6 Å². The second kappa shape index (κ2) is 7.19. The zero-order valence-corrected chi connectivity index (χ0v) is 16.3. The number of nitrogens with zero attached hydrogens (tertiary/aromatic N) is 1. The van der Waals surface area contributed by atoms with Crippen molar-refractivity contribution in [2.45, 2.75) is 25.7 Å². The number of imide groups is 1. The van der Waals surface area contributed by atoms with Crippen molar-refractivity contribution in [3.8, 4) is 0 Å². The molecular weight excluding hydrogens is 414 g/mol. The Morgan fingerprint density at radius 1 is 1.04 bits per heavy atom. The first-order valence-electron chi connectivity index (χ1n) is 9.25. The third-order valence-corrected chi connectivity index (χ3v) is 6.62. The Balaban J connectivity index is 1.27. The summed E-state index contributed by atoms with van der Waals surface area (Å²) < 4.78 is 5.87. The summed E-state index contributed by atoms with van der Waals surface area (Å²) in [7, 11) is 0. The van der Waals surface area contributed by atoms with Crippen LogP contribution in [0.25, 0.3) is 0 Å². The van der Waals surface area contributed by atoms with E-state index in [-0.39, 0.29) is 49.0 Å². The molecule has 1 aromatic rings. The van der Waals surface area contributed by atoms with Crippen LogP contribution < -0.4 is 0 Å². The molecule has 4 atom stereocenters. The number of Topliss-reactive ketones (excluding diaryl/α,β-unsaturated/α-hetero) is 1. The molecule has 142 valence electrons. The van der Waals surface area contributed by atoms with E-state index < -0.39 is 5.97 Å². The summed E-state index contributed by atoms with van der Waals surface area (Å²) in [5.41, 5.74) is 0.458. The molecule has 1 aromatic carbocycles. The number of fused-ring (bicyclic) bond motifs is 5. The van der Waals surface area contributed by atoms with Gasteiger partial charge in [-0.1, -0.05) is 28.1 Å². The SMILES string of the molecule is O=C(CCN1C(=O)[C@H]2[C@H]3CC[C@@H](C3)[C@@H]2C1=O)OCC(=O)c1ccc(Br)cc1. The number of ether oxygens (including phenoxy) is 1. The van der Waals surface area contributed by atoms with Gasteiger partial charge in [-0.3, -0.25) is 24.1 Å². The van der Waals surface area contributed by atoms with E-state index in [1.807, 2.05) is 0 Å². The van der Waals surface area contributed by atoms with Gasteiger partial charge in [0.2, 0.25) is 11.8 Å². The van der Waals surface area contributed by atoms with Crippen LogP contribution in [0.4, 0.5) is 0 Å². The molecule has 3 fully saturated rings. The highest BCUT2D eigenvalue weighted by atomic mass is 79.9. The fraction of sp³-hybridized carbons (Fsp3) is 0.500. The van der Waals surface area contributed by atoms with E-state index in [9.17, 15) is 19.2 Å². The Hall–Kier alpha value is -2.02. The van der Waals surface area contributed by atoms with Crippen LogP contribution in [-0.2, 0) is 19.1 Å². The Labute approximate surface area is 165 Å². The maximum atomic E-state index is 12.6. The first kappa shape index (κ1) is 18.3. The molecule has 0 spiro atoms. The average Bonchev–Trinajstić information content (AvgIpc) is 3.33. The van der Waals surface area contributed by atoms with Crippen molar-refractivity contribution in [3.05, 3.63) is 34.3 Å². The molecule has 27 heavy (non-hydrogen) atoms. The number of halogens is 1. The number of hydrogen-bond donors (Lipinski definition) is 0. The largest absolute Gasteiger partial charge is 0.457 e. The van der Waals surface area contributed by atoms with Gasteiger partial charge in [-0.2, -0.15) is 0 Å². The Kier molecular flexibility index (Phi) is 4.88. The van der Waals surface area contributed by atoms with Crippen LogP contribution in [0.3, 0.4) is 0 Å². The zero-order valence-electron chi connectivity index (χ0n) is 14.7. The molecule has 0 aromatic heterocycles. The lowest BCUT2D eigenvalue weighted by Gasteiger charge is -2.19. The molecule has 0 radical (unpaired) electrons. The molecule has 0 unspecified atom stereocenters. The van der Waals surface area contributed by atoms with E-state index in [0.29, 0.717) is 17.4 Å². The lowest BCUT2D eigenvalue weighted by atomic mass is 9.81. The van der Waals surface area contributed by atoms with Gasteiger partial charge in [0.25, 0.3) is 0 Å². The first-order chi connectivity index (χ1) is 13.0. The summed E-state index contributed by atoms with van der Waals surface area (Å²) in [5, 5.41) is 0.